The molecule has 10 heteroatoms. The third-order valence-electron chi connectivity index (χ3n) is 6.30. The number of hydrogen-bond donors (Lipinski definition) is 3. The van der Waals surface area contributed by atoms with E-state index in [1.165, 1.54) is 4.31 Å². The van der Waals surface area contributed by atoms with Crippen molar-refractivity contribution in [2.24, 2.45) is 5.92 Å². The van der Waals surface area contributed by atoms with Gasteiger partial charge in [-0.15, -0.1) is 0 Å². The SMILES string of the molecule is CC1[C@@H](c2ccccc2)[C@]1(NS(=O)(=O)N1CCN(C(=O)Nc2ccccc2)CC1)C(=O)O. The van der Waals surface area contributed by atoms with E-state index in [0.29, 0.717) is 5.69 Å². The monoisotopic (exact) mass is 458 g/mol. The van der Waals surface area contributed by atoms with Gasteiger partial charge in [0.1, 0.15) is 5.54 Å². The molecule has 4 rings (SSSR count). The molecule has 2 aromatic carbocycles. The molecule has 32 heavy (non-hydrogen) atoms. The van der Waals surface area contributed by atoms with Crippen molar-refractivity contribution in [1.29, 1.82) is 0 Å². The number of urea groups is 1. The number of piperazine rings is 1. The summed E-state index contributed by atoms with van der Waals surface area (Å²) < 4.78 is 29.8. The minimum absolute atomic E-state index is 0.0810. The Balaban J connectivity index is 1.41. The van der Waals surface area contributed by atoms with Gasteiger partial charge in [0.25, 0.3) is 10.2 Å². The predicted molar refractivity (Wildman–Crippen MR) is 119 cm³/mol. The largest absolute Gasteiger partial charge is 0.480 e. The molecule has 170 valence electrons. The number of rotatable bonds is 6. The highest BCUT2D eigenvalue weighted by molar-refractivity contribution is 7.87. The second-order valence-corrected chi connectivity index (χ2v) is 9.81. The number of benzene rings is 2. The standard InChI is InChI=1S/C22H26N4O5S/c1-16-19(17-8-4-2-5-9-17)22(16,20(27)28)24-32(30,31)26-14-12-25(13-15-26)21(29)23-18-10-6-3-7-11-18/h2-11,16,19,24H,12-15H2,1H3,(H,23,29)(H,27,28)/t16?,19-,22-/m0/s1. The molecule has 0 aromatic heterocycles. The summed E-state index contributed by atoms with van der Waals surface area (Å²) in [5.41, 5.74) is -0.137. The van der Waals surface area contributed by atoms with E-state index in [4.69, 9.17) is 0 Å². The van der Waals surface area contributed by atoms with E-state index < -0.39 is 33.6 Å². The molecule has 1 aliphatic carbocycles. The highest BCUT2D eigenvalue weighted by Gasteiger charge is 2.70. The van der Waals surface area contributed by atoms with Crippen LogP contribution in [0, 0.1) is 5.92 Å². The lowest BCUT2D eigenvalue weighted by atomic mass is 10.1. The second-order valence-electron chi connectivity index (χ2n) is 8.14. The van der Waals surface area contributed by atoms with Crippen molar-refractivity contribution in [2.45, 2.75) is 18.4 Å². The smallest absolute Gasteiger partial charge is 0.325 e. The Morgan fingerprint density at radius 2 is 1.53 bits per heavy atom. The number of hydrogen-bond acceptors (Lipinski definition) is 4. The minimum Gasteiger partial charge on any atom is -0.480 e. The first-order chi connectivity index (χ1) is 15.3. The first-order valence-corrected chi connectivity index (χ1v) is 11.9. The van der Waals surface area contributed by atoms with E-state index in [2.05, 4.69) is 10.0 Å². The summed E-state index contributed by atoms with van der Waals surface area (Å²) in [6, 6.07) is 17.8. The zero-order valence-electron chi connectivity index (χ0n) is 17.6. The molecule has 9 nitrogen and oxygen atoms in total. The van der Waals surface area contributed by atoms with Crippen LogP contribution in [0.3, 0.4) is 0 Å². The van der Waals surface area contributed by atoms with Crippen molar-refractivity contribution in [3.8, 4) is 0 Å². The summed E-state index contributed by atoms with van der Waals surface area (Å²) in [6.07, 6.45) is 0. The van der Waals surface area contributed by atoms with Gasteiger partial charge in [-0.2, -0.15) is 17.4 Å². The van der Waals surface area contributed by atoms with Gasteiger partial charge in [-0.1, -0.05) is 55.5 Å². The fourth-order valence-electron chi connectivity index (χ4n) is 4.43. The van der Waals surface area contributed by atoms with Crippen LogP contribution in [0.25, 0.3) is 0 Å². The van der Waals surface area contributed by atoms with Crippen molar-refractivity contribution < 1.29 is 23.1 Å². The summed E-state index contributed by atoms with van der Waals surface area (Å²) in [7, 11) is -4.06. The number of nitrogens with zero attached hydrogens (tertiary/aromatic N) is 2. The second kappa shape index (κ2) is 8.53. The number of carboxylic acid groups (broad SMARTS) is 1. The van der Waals surface area contributed by atoms with Crippen molar-refractivity contribution in [3.05, 3.63) is 66.2 Å². The minimum atomic E-state index is -4.06. The number of nitrogens with one attached hydrogen (secondary N) is 2. The molecule has 1 saturated carbocycles. The number of amides is 2. The maximum absolute atomic E-state index is 13.1. The average molecular weight is 459 g/mol. The van der Waals surface area contributed by atoms with Crippen LogP contribution in [0.4, 0.5) is 10.5 Å². The fraction of sp³-hybridized carbons (Fsp3) is 0.364. The van der Waals surface area contributed by atoms with Crippen LogP contribution in [0.2, 0.25) is 0 Å². The molecule has 2 aromatic rings. The molecule has 1 unspecified atom stereocenters. The Kier molecular flexibility index (Phi) is 5.93. The van der Waals surface area contributed by atoms with Gasteiger partial charge in [-0.3, -0.25) is 4.79 Å². The Labute approximate surface area is 187 Å². The van der Waals surface area contributed by atoms with Crippen LogP contribution >= 0.6 is 0 Å². The van der Waals surface area contributed by atoms with E-state index in [1.807, 2.05) is 36.4 Å². The maximum Gasteiger partial charge on any atom is 0.325 e. The van der Waals surface area contributed by atoms with Crippen molar-refractivity contribution in [1.82, 2.24) is 13.9 Å². The van der Waals surface area contributed by atoms with Crippen LogP contribution in [-0.4, -0.2) is 66.4 Å². The summed E-state index contributed by atoms with van der Waals surface area (Å²) in [4.78, 5) is 26.1. The number of anilines is 1. The Bertz CT molecular complexity index is 1090. The number of carboxylic acids is 1. The maximum atomic E-state index is 13.1. The van der Waals surface area contributed by atoms with Crippen molar-refractivity contribution in [3.63, 3.8) is 0 Å². The molecule has 2 aliphatic rings. The lowest BCUT2D eigenvalue weighted by Gasteiger charge is -2.34. The molecule has 1 heterocycles. The van der Waals surface area contributed by atoms with E-state index in [1.54, 1.807) is 36.1 Å². The van der Waals surface area contributed by atoms with Crippen molar-refractivity contribution in [2.75, 3.05) is 31.5 Å². The zero-order valence-corrected chi connectivity index (χ0v) is 18.5. The molecule has 3 N–H and O–H groups in total. The molecule has 3 atom stereocenters. The molecule has 1 saturated heterocycles. The third kappa shape index (κ3) is 4.08. The van der Waals surface area contributed by atoms with Crippen LogP contribution in [0.5, 0.6) is 0 Å². The molecule has 0 radical (unpaired) electrons. The first kappa shape index (κ1) is 22.3. The van der Waals surface area contributed by atoms with Gasteiger partial charge in [-0.25, -0.2) is 4.79 Å². The molecule has 0 bridgehead atoms. The normalized spacial score (nSPS) is 25.8. The number of aliphatic carboxylic acids is 1. The van der Waals surface area contributed by atoms with Gasteiger partial charge in [0.15, 0.2) is 0 Å². The lowest BCUT2D eigenvalue weighted by molar-refractivity contribution is -0.140. The summed E-state index contributed by atoms with van der Waals surface area (Å²) >= 11 is 0. The summed E-state index contributed by atoms with van der Waals surface area (Å²) in [6.45, 7) is 2.31. The van der Waals surface area contributed by atoms with Crippen LogP contribution < -0.4 is 10.0 Å². The Morgan fingerprint density at radius 3 is 2.09 bits per heavy atom. The van der Waals surface area contributed by atoms with E-state index in [9.17, 15) is 23.1 Å². The zero-order chi connectivity index (χ0) is 22.9. The van der Waals surface area contributed by atoms with Gasteiger partial charge < -0.3 is 15.3 Å². The molecular weight excluding hydrogens is 432 g/mol. The topological polar surface area (TPSA) is 119 Å². The third-order valence-corrected chi connectivity index (χ3v) is 7.94. The highest BCUT2D eigenvalue weighted by atomic mass is 32.2. The van der Waals surface area contributed by atoms with E-state index in [0.717, 1.165) is 5.56 Å². The Morgan fingerprint density at radius 1 is 0.969 bits per heavy atom. The van der Waals surface area contributed by atoms with Crippen LogP contribution in [0.1, 0.15) is 18.4 Å². The van der Waals surface area contributed by atoms with Crippen LogP contribution in [-0.2, 0) is 15.0 Å². The molecule has 2 fully saturated rings. The number of carbonyl (C=O) groups is 2. The molecular formula is C22H26N4O5S. The van der Waals surface area contributed by atoms with E-state index in [-0.39, 0.29) is 32.2 Å². The molecule has 1 aliphatic heterocycles. The lowest BCUT2D eigenvalue weighted by Crippen LogP contribution is -2.57. The molecule has 0 spiro atoms. The quantitative estimate of drug-likeness (QED) is 0.611. The predicted octanol–water partition coefficient (Wildman–Crippen LogP) is 1.93. The summed E-state index contributed by atoms with van der Waals surface area (Å²) in [5.74, 6) is -2.03. The van der Waals surface area contributed by atoms with Gasteiger partial charge in [0, 0.05) is 37.8 Å². The average Bonchev–Trinajstić information content (AvgIpc) is 3.38. The number of para-hydroxylation sites is 1. The van der Waals surface area contributed by atoms with E-state index >= 15 is 0 Å². The summed E-state index contributed by atoms with van der Waals surface area (Å²) in [5, 5.41) is 12.7. The Hall–Kier alpha value is -2.95. The highest BCUT2D eigenvalue weighted by Crippen LogP contribution is 2.57. The van der Waals surface area contributed by atoms with Gasteiger partial charge in [0.05, 0.1) is 0 Å². The van der Waals surface area contributed by atoms with Crippen LogP contribution in [0.15, 0.2) is 60.7 Å². The van der Waals surface area contributed by atoms with Crippen molar-refractivity contribution >= 4 is 27.9 Å². The van der Waals surface area contributed by atoms with Gasteiger partial charge >= 0.3 is 12.0 Å². The fourth-order valence-corrected chi connectivity index (χ4v) is 6.03. The first-order valence-electron chi connectivity index (χ1n) is 10.4. The molecule has 2 amide bonds. The van der Waals surface area contributed by atoms with Gasteiger partial charge in [0.2, 0.25) is 0 Å². The number of carbonyl (C=O) groups excluding carboxylic acids is 1. The van der Waals surface area contributed by atoms with Gasteiger partial charge in [-0.05, 0) is 23.6 Å².